The number of hydrogen-bond acceptors (Lipinski definition) is 3. The van der Waals surface area contributed by atoms with Gasteiger partial charge in [-0.3, -0.25) is 10.1 Å². The Morgan fingerprint density at radius 3 is 2.71 bits per heavy atom. The summed E-state index contributed by atoms with van der Waals surface area (Å²) in [7, 11) is 0. The van der Waals surface area contributed by atoms with Crippen LogP contribution in [-0.4, -0.2) is 18.4 Å². The van der Waals surface area contributed by atoms with Crippen molar-refractivity contribution in [3.63, 3.8) is 0 Å². The molecule has 6 heteroatoms. The molecule has 1 rings (SSSR count). The zero-order valence-electron chi connectivity index (χ0n) is 7.46. The fourth-order valence-electron chi connectivity index (χ4n) is 0.742. The first-order valence-electron chi connectivity index (χ1n) is 3.87. The van der Waals surface area contributed by atoms with Crippen LogP contribution in [0, 0.1) is 0 Å². The highest BCUT2D eigenvalue weighted by molar-refractivity contribution is 9.11. The standard InChI is InChI=1S/C8H9BrN2O2S/c1-5(12)4-10-8(13)11-7-3-2-6(9)14-7/h2-3H,4H2,1H3,(H2,10,11,13). The molecule has 0 saturated carbocycles. The maximum Gasteiger partial charge on any atom is 0.320 e. The minimum atomic E-state index is -0.366. The van der Waals surface area contributed by atoms with Gasteiger partial charge in [0, 0.05) is 0 Å². The van der Waals surface area contributed by atoms with Crippen LogP contribution in [0.1, 0.15) is 6.92 Å². The second kappa shape index (κ2) is 5.11. The Balaban J connectivity index is 2.37. The molecule has 2 N–H and O–H groups in total. The van der Waals surface area contributed by atoms with Crippen LogP contribution in [0.3, 0.4) is 0 Å². The molecule has 1 aromatic heterocycles. The number of nitrogens with one attached hydrogen (secondary N) is 2. The van der Waals surface area contributed by atoms with E-state index in [1.54, 1.807) is 6.07 Å². The molecule has 14 heavy (non-hydrogen) atoms. The Kier molecular flexibility index (Phi) is 4.09. The molecule has 0 aliphatic carbocycles. The van der Waals surface area contributed by atoms with Crippen molar-refractivity contribution in [3.8, 4) is 0 Å². The number of amides is 2. The first kappa shape index (κ1) is 11.2. The summed E-state index contributed by atoms with van der Waals surface area (Å²) < 4.78 is 0.944. The summed E-state index contributed by atoms with van der Waals surface area (Å²) in [4.78, 5) is 21.7. The van der Waals surface area contributed by atoms with Crippen LogP contribution >= 0.6 is 27.3 Å². The average molecular weight is 277 g/mol. The fourth-order valence-corrected chi connectivity index (χ4v) is 2.02. The summed E-state index contributed by atoms with van der Waals surface area (Å²) in [6, 6.07) is 3.25. The van der Waals surface area contributed by atoms with Crippen molar-refractivity contribution in [2.24, 2.45) is 0 Å². The second-order valence-electron chi connectivity index (χ2n) is 2.61. The predicted molar refractivity (Wildman–Crippen MR) is 59.7 cm³/mol. The lowest BCUT2D eigenvalue weighted by Crippen LogP contribution is -2.32. The number of ketones is 1. The Labute approximate surface area is 93.8 Å². The molecule has 2 amide bonds. The Bertz CT molecular complexity index is 351. The molecular formula is C8H9BrN2O2S. The summed E-state index contributed by atoms with van der Waals surface area (Å²) in [5.74, 6) is -0.0764. The number of rotatable bonds is 3. The molecule has 0 fully saturated rings. The van der Waals surface area contributed by atoms with E-state index in [4.69, 9.17) is 0 Å². The van der Waals surface area contributed by atoms with Crippen molar-refractivity contribution in [2.45, 2.75) is 6.92 Å². The number of thiophene rings is 1. The summed E-state index contributed by atoms with van der Waals surface area (Å²) in [5, 5.41) is 5.77. The van der Waals surface area contributed by atoms with Gasteiger partial charge in [-0.25, -0.2) is 4.79 Å². The number of carbonyl (C=O) groups is 2. The van der Waals surface area contributed by atoms with Crippen LogP contribution in [0.2, 0.25) is 0 Å². The fraction of sp³-hybridized carbons (Fsp3) is 0.250. The van der Waals surface area contributed by atoms with E-state index in [9.17, 15) is 9.59 Å². The molecule has 1 aromatic rings. The largest absolute Gasteiger partial charge is 0.331 e. The SMILES string of the molecule is CC(=O)CNC(=O)Nc1ccc(Br)s1. The van der Waals surface area contributed by atoms with Gasteiger partial charge in [-0.1, -0.05) is 0 Å². The highest BCUT2D eigenvalue weighted by Gasteiger charge is 2.03. The normalized spacial score (nSPS) is 9.57. The Hall–Kier alpha value is -0.880. The van der Waals surface area contributed by atoms with Crippen molar-refractivity contribution in [1.29, 1.82) is 0 Å². The molecule has 0 saturated heterocycles. The van der Waals surface area contributed by atoms with Crippen molar-refractivity contribution in [1.82, 2.24) is 5.32 Å². The van der Waals surface area contributed by atoms with Crippen molar-refractivity contribution in [2.75, 3.05) is 11.9 Å². The molecule has 0 unspecified atom stereocenters. The Morgan fingerprint density at radius 1 is 1.50 bits per heavy atom. The first-order chi connectivity index (χ1) is 6.58. The van der Waals surface area contributed by atoms with E-state index in [0.717, 1.165) is 8.79 Å². The van der Waals surface area contributed by atoms with E-state index in [1.165, 1.54) is 18.3 Å². The van der Waals surface area contributed by atoms with Gasteiger partial charge in [0.1, 0.15) is 5.78 Å². The number of Topliss-reactive ketones (excluding diaryl/α,β-unsaturated/α-hetero) is 1. The lowest BCUT2D eigenvalue weighted by Gasteiger charge is -2.02. The summed E-state index contributed by atoms with van der Waals surface area (Å²) in [5.41, 5.74) is 0. The highest BCUT2D eigenvalue weighted by atomic mass is 79.9. The van der Waals surface area contributed by atoms with Crippen LogP contribution < -0.4 is 10.6 Å². The van der Waals surface area contributed by atoms with Gasteiger partial charge in [0.15, 0.2) is 0 Å². The van der Waals surface area contributed by atoms with Gasteiger partial charge in [0.05, 0.1) is 15.3 Å². The minimum Gasteiger partial charge on any atom is -0.331 e. The first-order valence-corrected chi connectivity index (χ1v) is 5.48. The number of urea groups is 1. The van der Waals surface area contributed by atoms with E-state index < -0.39 is 0 Å². The maximum atomic E-state index is 11.1. The molecule has 1 heterocycles. The van der Waals surface area contributed by atoms with Gasteiger partial charge in [0.25, 0.3) is 0 Å². The summed E-state index contributed by atoms with van der Waals surface area (Å²) >= 11 is 4.69. The third-order valence-electron chi connectivity index (χ3n) is 1.31. The molecule has 0 aliphatic rings. The van der Waals surface area contributed by atoms with Crippen molar-refractivity contribution >= 4 is 44.1 Å². The van der Waals surface area contributed by atoms with Crippen molar-refractivity contribution in [3.05, 3.63) is 15.9 Å². The van der Waals surface area contributed by atoms with Gasteiger partial charge in [-0.05, 0) is 35.0 Å². The molecule has 0 spiro atoms. The van der Waals surface area contributed by atoms with Crippen LogP contribution in [0.4, 0.5) is 9.80 Å². The van der Waals surface area contributed by atoms with Gasteiger partial charge >= 0.3 is 6.03 Å². The van der Waals surface area contributed by atoms with E-state index in [1.807, 2.05) is 6.07 Å². The van der Waals surface area contributed by atoms with Gasteiger partial charge in [-0.15, -0.1) is 11.3 Å². The van der Waals surface area contributed by atoms with Gasteiger partial charge in [0.2, 0.25) is 0 Å². The topological polar surface area (TPSA) is 58.2 Å². The molecule has 0 bridgehead atoms. The van der Waals surface area contributed by atoms with E-state index in [2.05, 4.69) is 26.6 Å². The third kappa shape index (κ3) is 3.89. The third-order valence-corrected chi connectivity index (χ3v) is 2.85. The molecule has 76 valence electrons. The van der Waals surface area contributed by atoms with Crippen molar-refractivity contribution < 1.29 is 9.59 Å². The molecule has 0 aliphatic heterocycles. The highest BCUT2D eigenvalue weighted by Crippen LogP contribution is 2.26. The number of carbonyl (C=O) groups excluding carboxylic acids is 2. The maximum absolute atomic E-state index is 11.1. The number of hydrogen-bond donors (Lipinski definition) is 2. The zero-order valence-corrected chi connectivity index (χ0v) is 9.87. The van der Waals surface area contributed by atoms with E-state index in [-0.39, 0.29) is 18.4 Å². The van der Waals surface area contributed by atoms with Crippen LogP contribution in [0.5, 0.6) is 0 Å². The van der Waals surface area contributed by atoms with Crippen LogP contribution in [0.25, 0.3) is 0 Å². The van der Waals surface area contributed by atoms with E-state index in [0.29, 0.717) is 0 Å². The lowest BCUT2D eigenvalue weighted by molar-refractivity contribution is -0.116. The predicted octanol–water partition coefficient (Wildman–Crippen LogP) is 2.22. The molecule has 0 aromatic carbocycles. The Morgan fingerprint density at radius 2 is 2.21 bits per heavy atom. The molecule has 0 radical (unpaired) electrons. The smallest absolute Gasteiger partial charge is 0.320 e. The van der Waals surface area contributed by atoms with Gasteiger partial charge < -0.3 is 5.32 Å². The molecule has 0 atom stereocenters. The minimum absolute atomic E-state index is 0.0539. The van der Waals surface area contributed by atoms with Crippen LogP contribution in [-0.2, 0) is 4.79 Å². The number of halogens is 1. The van der Waals surface area contributed by atoms with E-state index >= 15 is 0 Å². The number of anilines is 1. The molecule has 4 nitrogen and oxygen atoms in total. The van der Waals surface area contributed by atoms with Gasteiger partial charge in [-0.2, -0.15) is 0 Å². The summed E-state index contributed by atoms with van der Waals surface area (Å²) in [6.45, 7) is 1.47. The average Bonchev–Trinajstić information content (AvgIpc) is 2.48. The summed E-state index contributed by atoms with van der Waals surface area (Å²) in [6.07, 6.45) is 0. The zero-order chi connectivity index (χ0) is 10.6. The second-order valence-corrected chi connectivity index (χ2v) is 5.08. The quantitative estimate of drug-likeness (QED) is 0.890. The van der Waals surface area contributed by atoms with Crippen LogP contribution in [0.15, 0.2) is 15.9 Å². The molecular weight excluding hydrogens is 268 g/mol. The lowest BCUT2D eigenvalue weighted by atomic mass is 10.4. The monoisotopic (exact) mass is 276 g/mol.